The second kappa shape index (κ2) is 4.89. The normalized spacial score (nSPS) is 18.3. The van der Waals surface area contributed by atoms with Crippen molar-refractivity contribution in [3.63, 3.8) is 0 Å². The Morgan fingerprint density at radius 2 is 2.37 bits per heavy atom. The van der Waals surface area contributed by atoms with E-state index in [9.17, 15) is 4.79 Å². The van der Waals surface area contributed by atoms with E-state index in [1.54, 1.807) is 0 Å². The number of H-pyrrole nitrogens is 1. The first-order valence-corrected chi connectivity index (χ1v) is 7.02. The van der Waals surface area contributed by atoms with Gasteiger partial charge in [-0.15, -0.1) is 0 Å². The number of benzene rings is 1. The van der Waals surface area contributed by atoms with Crippen LogP contribution in [-0.2, 0) is 22.4 Å². The summed E-state index contributed by atoms with van der Waals surface area (Å²) in [5, 5.41) is 1.94. The number of esters is 1. The van der Waals surface area contributed by atoms with Crippen molar-refractivity contribution in [1.82, 2.24) is 4.98 Å². The Morgan fingerprint density at radius 3 is 3.16 bits per heavy atom. The number of rotatable bonds is 2. The maximum Gasteiger partial charge on any atom is 0.309 e. The van der Waals surface area contributed by atoms with Gasteiger partial charge in [0.1, 0.15) is 0 Å². The maximum absolute atomic E-state index is 11.8. The Balaban J connectivity index is 1.93. The number of halogens is 1. The molecule has 4 heteroatoms. The fraction of sp³-hybridized carbons (Fsp3) is 0.400. The molecule has 0 radical (unpaired) electrons. The standard InChI is InChI=1S/C15H16ClNO2/c1-2-19-15(18)9-3-5-11-12-8-10(16)4-6-13(12)17-14(11)7-9/h4,6,8-9,17H,2-3,5,7H2,1H3. The van der Waals surface area contributed by atoms with Gasteiger partial charge in [0.2, 0.25) is 0 Å². The van der Waals surface area contributed by atoms with E-state index in [4.69, 9.17) is 16.3 Å². The molecule has 1 N–H and O–H groups in total. The topological polar surface area (TPSA) is 42.1 Å². The summed E-state index contributed by atoms with van der Waals surface area (Å²) in [5.41, 5.74) is 3.55. The molecule has 2 aromatic rings. The second-order valence-corrected chi connectivity index (χ2v) is 5.40. The molecular formula is C15H16ClNO2. The molecule has 0 fully saturated rings. The summed E-state index contributed by atoms with van der Waals surface area (Å²) in [4.78, 5) is 15.2. The fourth-order valence-electron chi connectivity index (χ4n) is 2.86. The average Bonchev–Trinajstić information content (AvgIpc) is 2.76. The van der Waals surface area contributed by atoms with E-state index in [0.717, 1.165) is 35.5 Å². The molecule has 3 nitrogen and oxygen atoms in total. The van der Waals surface area contributed by atoms with Crippen LogP contribution in [0.5, 0.6) is 0 Å². The number of ether oxygens (including phenoxy) is 1. The summed E-state index contributed by atoms with van der Waals surface area (Å²) < 4.78 is 5.12. The second-order valence-electron chi connectivity index (χ2n) is 4.96. The van der Waals surface area contributed by atoms with Crippen molar-refractivity contribution < 1.29 is 9.53 Å². The molecule has 1 aliphatic rings. The molecule has 1 unspecified atom stereocenters. The van der Waals surface area contributed by atoms with E-state index in [-0.39, 0.29) is 11.9 Å². The summed E-state index contributed by atoms with van der Waals surface area (Å²) >= 11 is 6.05. The molecule has 1 atom stereocenters. The van der Waals surface area contributed by atoms with Gasteiger partial charge in [-0.3, -0.25) is 4.79 Å². The molecule has 0 saturated carbocycles. The Morgan fingerprint density at radius 1 is 1.53 bits per heavy atom. The molecule has 0 spiro atoms. The van der Waals surface area contributed by atoms with Crippen molar-refractivity contribution in [1.29, 1.82) is 0 Å². The largest absolute Gasteiger partial charge is 0.466 e. The van der Waals surface area contributed by atoms with E-state index in [1.807, 2.05) is 25.1 Å². The van der Waals surface area contributed by atoms with Gasteiger partial charge in [0.15, 0.2) is 0 Å². The molecule has 1 aliphatic carbocycles. The minimum atomic E-state index is -0.0789. The number of aromatic amines is 1. The van der Waals surface area contributed by atoms with Crippen molar-refractivity contribution >= 4 is 28.5 Å². The van der Waals surface area contributed by atoms with Crippen LogP contribution in [0.3, 0.4) is 0 Å². The zero-order valence-electron chi connectivity index (χ0n) is 10.8. The summed E-state index contributed by atoms with van der Waals surface area (Å²) in [7, 11) is 0. The fourth-order valence-corrected chi connectivity index (χ4v) is 3.04. The Bertz CT molecular complexity index is 632. The number of fused-ring (bicyclic) bond motifs is 3. The molecule has 0 bridgehead atoms. The van der Waals surface area contributed by atoms with Crippen molar-refractivity contribution in [2.75, 3.05) is 6.61 Å². The van der Waals surface area contributed by atoms with Gasteiger partial charge in [0.05, 0.1) is 12.5 Å². The molecule has 0 aliphatic heterocycles. The van der Waals surface area contributed by atoms with E-state index in [2.05, 4.69) is 4.98 Å². The monoisotopic (exact) mass is 277 g/mol. The lowest BCUT2D eigenvalue weighted by atomic mass is 9.87. The molecule has 1 aromatic carbocycles. The first kappa shape index (κ1) is 12.5. The first-order chi connectivity index (χ1) is 9.19. The number of carbonyl (C=O) groups is 1. The highest BCUT2D eigenvalue weighted by Gasteiger charge is 2.28. The number of aryl methyl sites for hydroxylation is 1. The minimum absolute atomic E-state index is 0.0176. The van der Waals surface area contributed by atoms with Crippen LogP contribution in [-0.4, -0.2) is 17.6 Å². The van der Waals surface area contributed by atoms with Gasteiger partial charge in [-0.1, -0.05) is 11.6 Å². The lowest BCUT2D eigenvalue weighted by molar-refractivity contribution is -0.148. The zero-order chi connectivity index (χ0) is 13.4. The van der Waals surface area contributed by atoms with E-state index >= 15 is 0 Å². The zero-order valence-corrected chi connectivity index (χ0v) is 11.6. The van der Waals surface area contributed by atoms with Gasteiger partial charge < -0.3 is 9.72 Å². The minimum Gasteiger partial charge on any atom is -0.466 e. The Hall–Kier alpha value is -1.48. The number of aromatic nitrogens is 1. The Labute approximate surface area is 116 Å². The molecule has 1 heterocycles. The number of hydrogen-bond donors (Lipinski definition) is 1. The molecule has 19 heavy (non-hydrogen) atoms. The SMILES string of the molecule is CCOC(=O)C1CCc2c([nH]c3ccc(Cl)cc23)C1. The third-order valence-corrected chi connectivity index (χ3v) is 4.00. The lowest BCUT2D eigenvalue weighted by Gasteiger charge is -2.20. The molecular weight excluding hydrogens is 262 g/mol. The van der Waals surface area contributed by atoms with Crippen LogP contribution in [0.2, 0.25) is 5.02 Å². The van der Waals surface area contributed by atoms with Crippen LogP contribution < -0.4 is 0 Å². The van der Waals surface area contributed by atoms with Crippen LogP contribution in [0, 0.1) is 5.92 Å². The van der Waals surface area contributed by atoms with Crippen LogP contribution in [0.15, 0.2) is 18.2 Å². The van der Waals surface area contributed by atoms with Gasteiger partial charge in [-0.25, -0.2) is 0 Å². The van der Waals surface area contributed by atoms with Gasteiger partial charge >= 0.3 is 5.97 Å². The predicted molar refractivity (Wildman–Crippen MR) is 75.5 cm³/mol. The first-order valence-electron chi connectivity index (χ1n) is 6.64. The summed E-state index contributed by atoms with van der Waals surface area (Å²) in [6.45, 7) is 2.29. The van der Waals surface area contributed by atoms with Gasteiger partial charge in [-0.2, -0.15) is 0 Å². The van der Waals surface area contributed by atoms with Crippen LogP contribution in [0.25, 0.3) is 10.9 Å². The third-order valence-electron chi connectivity index (χ3n) is 3.77. The van der Waals surface area contributed by atoms with Gasteiger partial charge in [0.25, 0.3) is 0 Å². The van der Waals surface area contributed by atoms with Crippen molar-refractivity contribution in [2.45, 2.75) is 26.2 Å². The smallest absolute Gasteiger partial charge is 0.309 e. The molecule has 0 amide bonds. The van der Waals surface area contributed by atoms with Crippen LogP contribution in [0.4, 0.5) is 0 Å². The van der Waals surface area contributed by atoms with Crippen LogP contribution >= 0.6 is 11.6 Å². The predicted octanol–water partition coefficient (Wildman–Crippen LogP) is 3.49. The highest BCUT2D eigenvalue weighted by atomic mass is 35.5. The van der Waals surface area contributed by atoms with E-state index in [0.29, 0.717) is 6.61 Å². The molecule has 1 aromatic heterocycles. The highest BCUT2D eigenvalue weighted by molar-refractivity contribution is 6.31. The average molecular weight is 278 g/mol. The van der Waals surface area contributed by atoms with Crippen molar-refractivity contribution in [3.05, 3.63) is 34.5 Å². The molecule has 0 saturated heterocycles. The van der Waals surface area contributed by atoms with Gasteiger partial charge in [-0.05, 0) is 43.5 Å². The molecule has 3 rings (SSSR count). The Kier molecular flexibility index (Phi) is 3.23. The lowest BCUT2D eigenvalue weighted by Crippen LogP contribution is -2.24. The summed E-state index contributed by atoms with van der Waals surface area (Å²) in [6.07, 6.45) is 2.49. The third kappa shape index (κ3) is 2.23. The summed E-state index contributed by atoms with van der Waals surface area (Å²) in [5.74, 6) is -0.0965. The van der Waals surface area contributed by atoms with Crippen molar-refractivity contribution in [2.24, 2.45) is 5.92 Å². The quantitative estimate of drug-likeness (QED) is 0.854. The van der Waals surface area contributed by atoms with E-state index in [1.165, 1.54) is 10.9 Å². The van der Waals surface area contributed by atoms with Crippen LogP contribution in [0.1, 0.15) is 24.6 Å². The highest BCUT2D eigenvalue weighted by Crippen LogP contribution is 2.33. The maximum atomic E-state index is 11.8. The molecule has 100 valence electrons. The number of hydrogen-bond acceptors (Lipinski definition) is 2. The van der Waals surface area contributed by atoms with Gasteiger partial charge in [0, 0.05) is 28.0 Å². The van der Waals surface area contributed by atoms with Crippen molar-refractivity contribution in [3.8, 4) is 0 Å². The number of carbonyl (C=O) groups excluding carboxylic acids is 1. The van der Waals surface area contributed by atoms with E-state index < -0.39 is 0 Å². The summed E-state index contributed by atoms with van der Waals surface area (Å²) in [6, 6.07) is 5.88. The number of nitrogens with one attached hydrogen (secondary N) is 1.